The van der Waals surface area contributed by atoms with Crippen molar-refractivity contribution in [3.8, 4) is 23.0 Å². The summed E-state index contributed by atoms with van der Waals surface area (Å²) in [6.07, 6.45) is 0. The lowest BCUT2D eigenvalue weighted by molar-refractivity contribution is 0.174. The Morgan fingerprint density at radius 1 is 0.824 bits per heavy atom. The average Bonchev–Trinajstić information content (AvgIpc) is 3.21. The average molecular weight is 697 g/mol. The molecule has 0 fully saturated rings. The second-order valence-corrected chi connectivity index (χ2v) is 26.6. The summed E-state index contributed by atoms with van der Waals surface area (Å²) < 4.78 is 20.1. The van der Waals surface area contributed by atoms with E-state index in [-0.39, 0.29) is 29.5 Å². The van der Waals surface area contributed by atoms with Crippen molar-refractivity contribution >= 4 is 85.4 Å². The lowest BCUT2D eigenvalue weighted by Gasteiger charge is -1.98. The SMILES string of the molecule is CCS.O=c1ccc2cc(O)c(O)cc2o1.O=c1ccc2cc3c(cc2o1)OCO3.[Br][Al]([Br])[Br]. The molecule has 3 heterocycles. The van der Waals surface area contributed by atoms with Gasteiger partial charge in [0.05, 0.1) is 0 Å². The third kappa shape index (κ3) is 8.87. The molecule has 0 unspecified atom stereocenters. The van der Waals surface area contributed by atoms with Crippen molar-refractivity contribution in [2.45, 2.75) is 6.92 Å². The van der Waals surface area contributed by atoms with Crippen LogP contribution in [0.5, 0.6) is 23.0 Å². The van der Waals surface area contributed by atoms with E-state index in [1.54, 1.807) is 18.2 Å². The van der Waals surface area contributed by atoms with Crippen LogP contribution >= 0.6 is 54.8 Å². The predicted octanol–water partition coefficient (Wildman–Crippen LogP) is 5.82. The van der Waals surface area contributed by atoms with E-state index >= 15 is 0 Å². The maximum atomic E-state index is 10.9. The molecule has 0 saturated carbocycles. The van der Waals surface area contributed by atoms with Crippen LogP contribution in [0.4, 0.5) is 0 Å². The topological polar surface area (TPSA) is 119 Å². The van der Waals surface area contributed by atoms with E-state index in [2.05, 4.69) is 54.8 Å². The van der Waals surface area contributed by atoms with Gasteiger partial charge in [-0.05, 0) is 30.0 Å². The zero-order valence-electron chi connectivity index (χ0n) is 17.5. The zero-order valence-corrected chi connectivity index (χ0v) is 24.3. The molecule has 0 spiro atoms. The number of rotatable bonds is 0. The Morgan fingerprint density at radius 2 is 1.24 bits per heavy atom. The fourth-order valence-electron chi connectivity index (χ4n) is 2.55. The van der Waals surface area contributed by atoms with E-state index in [4.69, 9.17) is 28.5 Å². The molecule has 2 N–H and O–H groups in total. The van der Waals surface area contributed by atoms with Gasteiger partial charge in [-0.2, -0.15) is 54.8 Å². The first-order chi connectivity index (χ1) is 16.1. The summed E-state index contributed by atoms with van der Waals surface area (Å²) in [5, 5.41) is 19.6. The van der Waals surface area contributed by atoms with Gasteiger partial charge in [0.15, 0.2) is 23.0 Å². The Kier molecular flexibility index (Phi) is 11.8. The van der Waals surface area contributed by atoms with E-state index in [0.29, 0.717) is 22.5 Å². The van der Waals surface area contributed by atoms with Gasteiger partial charge in [-0.15, -0.1) is 0 Å². The molecule has 8 nitrogen and oxygen atoms in total. The normalized spacial score (nSPS) is 10.9. The summed E-state index contributed by atoms with van der Waals surface area (Å²) in [6, 6.07) is 11.8. The number of aromatic hydroxyl groups is 2. The molecule has 180 valence electrons. The highest BCUT2D eigenvalue weighted by molar-refractivity contribution is 9.69. The highest BCUT2D eigenvalue weighted by Crippen LogP contribution is 2.35. The van der Waals surface area contributed by atoms with Crippen molar-refractivity contribution < 1.29 is 28.5 Å². The van der Waals surface area contributed by atoms with Crippen molar-refractivity contribution in [3.63, 3.8) is 0 Å². The number of phenols is 2. The van der Waals surface area contributed by atoms with Gasteiger partial charge in [0.2, 0.25) is 6.79 Å². The predicted molar refractivity (Wildman–Crippen MR) is 146 cm³/mol. The molecule has 0 atom stereocenters. The summed E-state index contributed by atoms with van der Waals surface area (Å²) in [6.45, 7) is 2.21. The van der Waals surface area contributed by atoms with Crippen LogP contribution in [0.15, 0.2) is 67.0 Å². The van der Waals surface area contributed by atoms with Crippen LogP contribution in [-0.2, 0) is 0 Å². The molecule has 0 amide bonds. The lowest BCUT2D eigenvalue weighted by atomic mass is 10.2. The molecule has 1 aliphatic rings. The lowest BCUT2D eigenvalue weighted by Crippen LogP contribution is -1.93. The highest BCUT2D eigenvalue weighted by Gasteiger charge is 2.14. The van der Waals surface area contributed by atoms with E-state index < -0.39 is 14.3 Å². The molecule has 1 aliphatic heterocycles. The van der Waals surface area contributed by atoms with E-state index in [1.807, 2.05) is 6.92 Å². The summed E-state index contributed by atoms with van der Waals surface area (Å²) in [5.41, 5.74) is -0.0847. The molecule has 4 aromatic rings. The van der Waals surface area contributed by atoms with Crippen LogP contribution in [0.3, 0.4) is 0 Å². The maximum absolute atomic E-state index is 10.9. The molecule has 0 radical (unpaired) electrons. The second kappa shape index (κ2) is 14.1. The third-order valence-corrected chi connectivity index (χ3v) is 3.83. The van der Waals surface area contributed by atoms with Gasteiger partial charge in [0.25, 0.3) is 0 Å². The van der Waals surface area contributed by atoms with Gasteiger partial charge >= 0.3 is 19.9 Å². The van der Waals surface area contributed by atoms with Gasteiger partial charge in [0.1, 0.15) is 11.2 Å². The van der Waals surface area contributed by atoms with Crippen molar-refractivity contribution in [1.82, 2.24) is 0 Å². The van der Waals surface area contributed by atoms with Crippen LogP contribution in [-0.4, -0.2) is 31.4 Å². The van der Waals surface area contributed by atoms with Crippen LogP contribution in [0.2, 0.25) is 0 Å². The van der Waals surface area contributed by atoms with E-state index in [9.17, 15) is 9.59 Å². The standard InChI is InChI=1S/C10H6O4.C9H6O4.C2H6S.Al.3BrH/c11-10-2-1-6-3-8-9(13-5-12-8)4-7(6)14-10;10-6-3-5-1-2-9(12)13-8(5)4-7(6)11;1-2-3;;;;/h1-4H,5H2;1-4,10-11H;3H,2H2,1H3;;3*1H/q;;;+3;;;/p-3. The quantitative estimate of drug-likeness (QED) is 0.0912. The fraction of sp³-hybridized carbons (Fsp3) is 0.143. The van der Waals surface area contributed by atoms with Gasteiger partial charge in [-0.3, -0.25) is 0 Å². The van der Waals surface area contributed by atoms with Crippen LogP contribution in [0, 0.1) is 0 Å². The van der Waals surface area contributed by atoms with Crippen LogP contribution in [0.25, 0.3) is 21.9 Å². The molecule has 34 heavy (non-hydrogen) atoms. The maximum Gasteiger partial charge on any atom is 0.542 e. The molecule has 0 bridgehead atoms. The number of hydrogen-bond acceptors (Lipinski definition) is 9. The summed E-state index contributed by atoms with van der Waals surface area (Å²) in [4.78, 5) is 21.7. The number of fused-ring (bicyclic) bond motifs is 3. The third-order valence-electron chi connectivity index (χ3n) is 3.83. The largest absolute Gasteiger partial charge is 0.542 e. The molecule has 2 aromatic carbocycles. The van der Waals surface area contributed by atoms with E-state index in [1.165, 1.54) is 30.3 Å². The monoisotopic (exact) mass is 694 g/mol. The fourth-order valence-corrected chi connectivity index (χ4v) is 2.55. The number of thiol groups is 1. The Hall–Kier alpha value is -1.62. The number of phenolic OH excluding ortho intramolecular Hbond substituents is 2. The summed E-state index contributed by atoms with van der Waals surface area (Å²) in [5.74, 6) is 1.71. The van der Waals surface area contributed by atoms with Crippen molar-refractivity contribution in [1.29, 1.82) is 0 Å². The minimum Gasteiger partial charge on any atom is -0.504 e. The molecule has 13 heteroatoms. The molecule has 5 rings (SSSR count). The van der Waals surface area contributed by atoms with Crippen LogP contribution < -0.4 is 20.7 Å². The Labute approximate surface area is 224 Å². The highest BCUT2D eigenvalue weighted by atomic mass is 80.0. The summed E-state index contributed by atoms with van der Waals surface area (Å²) in [7, 11) is -0.701. The number of ether oxygens (including phenoxy) is 2. The number of halogens is 3. The van der Waals surface area contributed by atoms with Crippen molar-refractivity contribution in [2.75, 3.05) is 12.5 Å². The van der Waals surface area contributed by atoms with Gasteiger partial charge in [-0.25, -0.2) is 9.59 Å². The minimum atomic E-state index is -0.701. The van der Waals surface area contributed by atoms with Gasteiger partial charge < -0.3 is 28.5 Å². The molecule has 0 aliphatic carbocycles. The minimum absolute atomic E-state index is 0.218. The Balaban J connectivity index is 0.000000190. The first kappa shape index (κ1) is 28.6. The van der Waals surface area contributed by atoms with Gasteiger partial charge in [-0.1, -0.05) is 6.92 Å². The molecular formula is C21H18AlBr3O8S. The summed E-state index contributed by atoms with van der Waals surface area (Å²) >= 11 is 13.5. The van der Waals surface area contributed by atoms with Crippen molar-refractivity contribution in [2.24, 2.45) is 0 Å². The Bertz CT molecular complexity index is 1360. The number of hydrogen-bond donors (Lipinski definition) is 3. The molecule has 0 saturated heterocycles. The van der Waals surface area contributed by atoms with Crippen molar-refractivity contribution in [3.05, 3.63) is 69.4 Å². The van der Waals surface area contributed by atoms with E-state index in [0.717, 1.165) is 11.1 Å². The molecule has 2 aromatic heterocycles. The van der Waals surface area contributed by atoms with Crippen LogP contribution in [0.1, 0.15) is 6.92 Å². The first-order valence-corrected chi connectivity index (χ1v) is 19.6. The molecular weight excluding hydrogens is 679 g/mol. The zero-order chi connectivity index (χ0) is 25.3. The number of benzene rings is 2. The second-order valence-electron chi connectivity index (χ2n) is 6.19. The van der Waals surface area contributed by atoms with Gasteiger partial charge in [0, 0.05) is 35.0 Å². The smallest absolute Gasteiger partial charge is 0.504 e. The Morgan fingerprint density at radius 3 is 1.76 bits per heavy atom. The first-order valence-electron chi connectivity index (χ1n) is 9.47.